The largest absolute Gasteiger partial charge is 0.488 e. The summed E-state index contributed by atoms with van der Waals surface area (Å²) in [4.78, 5) is 98.1. The zero-order valence-corrected chi connectivity index (χ0v) is 32.3. The first-order chi connectivity index (χ1) is 27.6. The van der Waals surface area contributed by atoms with E-state index < -0.39 is 101 Å². The third-order valence-corrected chi connectivity index (χ3v) is 7.16. The standard InChI is InChI=1S/C37H42N2O19/c1-23-6-7-30(38(13-34(44)55-19-51-24(2)40)14-35(45)56-20-52-25(3)41)32(10-23)49-8-9-50-33-12-29-18-48-17-28(29)11-31(33)39(15-36(46)57-21-53-26(4)42)16-37(47)58-22-54-27(5)43/h6-7,10-12,17-18H,8-9,13-16,19-22H2,1-5H3. The maximum absolute atomic E-state index is 12.8. The number of aryl methyl sites for hydroxylation is 1. The maximum Gasteiger partial charge on any atom is 0.328 e. The van der Waals surface area contributed by atoms with Crippen molar-refractivity contribution in [1.82, 2.24) is 0 Å². The second-order valence-electron chi connectivity index (χ2n) is 11.8. The van der Waals surface area contributed by atoms with Gasteiger partial charge in [-0.05, 0) is 36.8 Å². The average molecular weight is 819 g/mol. The molecule has 0 aliphatic heterocycles. The summed E-state index contributed by atoms with van der Waals surface area (Å²) >= 11 is 0. The fraction of sp³-hybridized carbons (Fsp3) is 0.405. The van der Waals surface area contributed by atoms with Gasteiger partial charge in [0.15, 0.2) is 0 Å². The van der Waals surface area contributed by atoms with E-state index in [2.05, 4.69) is 18.9 Å². The molecule has 1 aromatic heterocycles. The molecule has 0 aliphatic rings. The van der Waals surface area contributed by atoms with Crippen molar-refractivity contribution in [3.63, 3.8) is 0 Å². The fourth-order valence-corrected chi connectivity index (χ4v) is 4.62. The molecular weight excluding hydrogens is 776 g/mol. The number of hydrogen-bond acceptors (Lipinski definition) is 21. The molecule has 0 aliphatic carbocycles. The Morgan fingerprint density at radius 2 is 0.845 bits per heavy atom. The highest BCUT2D eigenvalue weighted by Gasteiger charge is 2.24. The van der Waals surface area contributed by atoms with E-state index in [0.29, 0.717) is 10.8 Å². The van der Waals surface area contributed by atoms with Gasteiger partial charge in [0.05, 0.1) is 23.9 Å². The minimum absolute atomic E-state index is 0.143. The Bertz CT molecular complexity index is 1870. The highest BCUT2D eigenvalue weighted by Crippen LogP contribution is 2.35. The van der Waals surface area contributed by atoms with Gasteiger partial charge in [-0.2, -0.15) is 0 Å². The van der Waals surface area contributed by atoms with Crippen molar-refractivity contribution in [2.45, 2.75) is 34.6 Å². The van der Waals surface area contributed by atoms with Gasteiger partial charge in [0.2, 0.25) is 27.2 Å². The highest BCUT2D eigenvalue weighted by atomic mass is 16.7. The highest BCUT2D eigenvalue weighted by molar-refractivity contribution is 5.91. The third-order valence-electron chi connectivity index (χ3n) is 7.16. The smallest absolute Gasteiger partial charge is 0.328 e. The number of furan rings is 1. The van der Waals surface area contributed by atoms with Crippen LogP contribution in [0.2, 0.25) is 0 Å². The molecule has 3 rings (SSSR count). The van der Waals surface area contributed by atoms with Crippen molar-refractivity contribution in [2.75, 3.05) is 76.4 Å². The Kier molecular flexibility index (Phi) is 18.1. The Hall–Kier alpha value is -7.06. The Morgan fingerprint density at radius 1 is 0.483 bits per heavy atom. The lowest BCUT2D eigenvalue weighted by molar-refractivity contribution is -0.167. The number of benzene rings is 2. The zero-order chi connectivity index (χ0) is 42.6. The summed E-state index contributed by atoms with van der Waals surface area (Å²) in [5.41, 5.74) is 1.18. The van der Waals surface area contributed by atoms with Gasteiger partial charge in [-0.25, -0.2) is 0 Å². The molecule has 0 radical (unpaired) electrons. The molecule has 0 fully saturated rings. The van der Waals surface area contributed by atoms with Crippen LogP contribution in [0.3, 0.4) is 0 Å². The number of carbonyl (C=O) groups is 8. The molecule has 0 N–H and O–H groups in total. The molecule has 0 saturated carbocycles. The summed E-state index contributed by atoms with van der Waals surface area (Å²) in [6, 6.07) is 8.05. The van der Waals surface area contributed by atoms with Crippen LogP contribution in [0.4, 0.5) is 11.4 Å². The predicted molar refractivity (Wildman–Crippen MR) is 194 cm³/mol. The molecule has 0 saturated heterocycles. The normalized spacial score (nSPS) is 10.4. The van der Waals surface area contributed by atoms with Gasteiger partial charge < -0.3 is 61.6 Å². The van der Waals surface area contributed by atoms with E-state index in [1.165, 1.54) is 22.3 Å². The first-order valence-electron chi connectivity index (χ1n) is 17.1. The van der Waals surface area contributed by atoms with Gasteiger partial charge in [-0.15, -0.1) is 0 Å². The lowest BCUT2D eigenvalue weighted by atomic mass is 10.1. The molecule has 0 unspecified atom stereocenters. The van der Waals surface area contributed by atoms with Crippen LogP contribution in [0.5, 0.6) is 11.5 Å². The summed E-state index contributed by atoms with van der Waals surface area (Å²) in [6.45, 7) is 1.12. The zero-order valence-electron chi connectivity index (χ0n) is 32.3. The number of fused-ring (bicyclic) bond motifs is 1. The van der Waals surface area contributed by atoms with Gasteiger partial charge in [-0.3, -0.25) is 38.4 Å². The van der Waals surface area contributed by atoms with Gasteiger partial charge in [0.25, 0.3) is 0 Å². The van der Waals surface area contributed by atoms with E-state index in [-0.39, 0.29) is 36.1 Å². The number of ether oxygens (including phenoxy) is 10. The van der Waals surface area contributed by atoms with Crippen molar-refractivity contribution in [1.29, 1.82) is 0 Å². The summed E-state index contributed by atoms with van der Waals surface area (Å²) in [5.74, 6) is -5.93. The molecule has 21 nitrogen and oxygen atoms in total. The Morgan fingerprint density at radius 3 is 1.24 bits per heavy atom. The number of esters is 8. The minimum atomic E-state index is -0.891. The SMILES string of the molecule is CC(=O)OCOC(=O)CN(CC(=O)OCOC(C)=O)c1ccc(C)cc1OCCOc1cc2cocc2cc1N(CC(=O)OCOC(C)=O)CC(=O)OCOC(C)=O. The topological polar surface area (TPSA) is 248 Å². The second-order valence-corrected chi connectivity index (χ2v) is 11.8. The summed E-state index contributed by atoms with van der Waals surface area (Å²) < 4.78 is 56.0. The van der Waals surface area contributed by atoms with E-state index >= 15 is 0 Å². The van der Waals surface area contributed by atoms with Crippen LogP contribution < -0.4 is 19.3 Å². The minimum Gasteiger partial charge on any atom is -0.488 e. The van der Waals surface area contributed by atoms with E-state index in [4.69, 9.17) is 32.8 Å². The number of hydrogen-bond donors (Lipinski definition) is 0. The Labute approximate surface area is 330 Å². The molecule has 314 valence electrons. The second kappa shape index (κ2) is 23.1. The van der Waals surface area contributed by atoms with Crippen molar-refractivity contribution >= 4 is 69.9 Å². The lowest BCUT2D eigenvalue weighted by Crippen LogP contribution is -2.37. The number of rotatable bonds is 23. The first-order valence-corrected chi connectivity index (χ1v) is 17.1. The van der Waals surface area contributed by atoms with Crippen LogP contribution in [-0.4, -0.2) is 114 Å². The number of carbonyl (C=O) groups excluding carboxylic acids is 8. The van der Waals surface area contributed by atoms with Crippen LogP contribution in [0.1, 0.15) is 33.3 Å². The summed E-state index contributed by atoms with van der Waals surface area (Å²) in [7, 11) is 0. The Balaban J connectivity index is 1.85. The van der Waals surface area contributed by atoms with E-state index in [0.717, 1.165) is 33.3 Å². The molecule has 3 aromatic rings. The molecule has 0 bridgehead atoms. The van der Waals surface area contributed by atoms with Crippen LogP contribution in [0.25, 0.3) is 10.8 Å². The summed E-state index contributed by atoms with van der Waals surface area (Å²) in [6.07, 6.45) is 2.86. The van der Waals surface area contributed by atoms with Gasteiger partial charge in [-0.1, -0.05) is 6.07 Å². The van der Waals surface area contributed by atoms with Crippen LogP contribution in [0.15, 0.2) is 47.3 Å². The monoisotopic (exact) mass is 818 g/mol. The van der Waals surface area contributed by atoms with Crippen molar-refractivity contribution < 1.29 is 90.1 Å². The molecular formula is C37H42N2O19. The molecule has 21 heteroatoms. The van der Waals surface area contributed by atoms with Gasteiger partial charge >= 0.3 is 47.8 Å². The molecule has 2 aromatic carbocycles. The molecule has 0 amide bonds. The van der Waals surface area contributed by atoms with E-state index in [9.17, 15) is 38.4 Å². The number of nitrogens with zero attached hydrogens (tertiary/aromatic N) is 2. The van der Waals surface area contributed by atoms with Gasteiger partial charge in [0.1, 0.15) is 50.9 Å². The maximum atomic E-state index is 12.8. The van der Waals surface area contributed by atoms with Crippen LogP contribution in [-0.2, 0) is 76.3 Å². The number of anilines is 2. The van der Waals surface area contributed by atoms with Crippen molar-refractivity contribution in [2.24, 2.45) is 0 Å². The van der Waals surface area contributed by atoms with E-state index in [1.54, 1.807) is 37.3 Å². The molecule has 0 atom stereocenters. The van der Waals surface area contributed by atoms with E-state index in [1.807, 2.05) is 0 Å². The van der Waals surface area contributed by atoms with Crippen LogP contribution in [0, 0.1) is 6.92 Å². The van der Waals surface area contributed by atoms with Crippen molar-refractivity contribution in [3.05, 3.63) is 48.4 Å². The first kappa shape index (κ1) is 45.3. The summed E-state index contributed by atoms with van der Waals surface area (Å²) in [5, 5.41) is 1.15. The fourth-order valence-electron chi connectivity index (χ4n) is 4.62. The third kappa shape index (κ3) is 16.4. The van der Waals surface area contributed by atoms with Gasteiger partial charge in [0, 0.05) is 38.5 Å². The predicted octanol–water partition coefficient (Wildman–Crippen LogP) is 2.07. The van der Waals surface area contributed by atoms with Crippen molar-refractivity contribution in [3.8, 4) is 11.5 Å². The lowest BCUT2D eigenvalue weighted by Gasteiger charge is -2.26. The molecule has 0 spiro atoms. The van der Waals surface area contributed by atoms with Crippen LogP contribution >= 0.6 is 0 Å². The quantitative estimate of drug-likeness (QED) is 0.0575. The molecule has 1 heterocycles. The average Bonchev–Trinajstić information content (AvgIpc) is 3.59. The molecule has 58 heavy (non-hydrogen) atoms.